The molecule has 1 saturated heterocycles. The van der Waals surface area contributed by atoms with Crippen molar-refractivity contribution in [1.29, 1.82) is 0 Å². The van der Waals surface area contributed by atoms with Gasteiger partial charge in [-0.25, -0.2) is 14.4 Å². The first kappa shape index (κ1) is 15.3. The molecule has 6 heteroatoms. The number of hydrogen-bond donors (Lipinski definition) is 0. The second-order valence-corrected chi connectivity index (χ2v) is 6.08. The zero-order chi connectivity index (χ0) is 16.5. The maximum atomic E-state index is 13.2. The molecule has 0 spiro atoms. The van der Waals surface area contributed by atoms with Crippen molar-refractivity contribution in [3.8, 4) is 11.4 Å². The predicted octanol–water partition coefficient (Wildman–Crippen LogP) is 3.93. The third kappa shape index (κ3) is 2.92. The van der Waals surface area contributed by atoms with E-state index in [2.05, 4.69) is 9.88 Å². The number of fused-ring (bicyclic) bond motifs is 1. The fourth-order valence-corrected chi connectivity index (χ4v) is 3.00. The first-order valence-electron chi connectivity index (χ1n) is 7.77. The number of hydrogen-bond acceptors (Lipinski definition) is 4. The Labute approximate surface area is 143 Å². The van der Waals surface area contributed by atoms with Crippen molar-refractivity contribution in [2.24, 2.45) is 0 Å². The maximum Gasteiger partial charge on any atom is 0.162 e. The number of morpholine rings is 1. The molecule has 0 radical (unpaired) electrons. The van der Waals surface area contributed by atoms with Crippen LogP contribution in [0, 0.1) is 5.82 Å². The third-order valence-corrected chi connectivity index (χ3v) is 4.29. The molecular formula is C18H15ClFN3O. The predicted molar refractivity (Wildman–Crippen MR) is 93.0 cm³/mol. The molecule has 0 aliphatic carbocycles. The van der Waals surface area contributed by atoms with Gasteiger partial charge in [-0.1, -0.05) is 11.6 Å². The lowest BCUT2D eigenvalue weighted by Gasteiger charge is -2.29. The summed E-state index contributed by atoms with van der Waals surface area (Å²) in [7, 11) is 0. The standard InChI is InChI=1S/C18H15ClFN3O/c19-13-3-6-15-16(11-13)21-17(12-1-4-14(20)5-2-12)22-18(15)23-7-9-24-10-8-23/h1-6,11H,7-10H2. The topological polar surface area (TPSA) is 38.2 Å². The van der Waals surface area contributed by atoms with Gasteiger partial charge in [-0.2, -0.15) is 0 Å². The first-order valence-corrected chi connectivity index (χ1v) is 8.14. The van der Waals surface area contributed by atoms with Crippen molar-refractivity contribution in [3.05, 3.63) is 53.3 Å². The molecule has 122 valence electrons. The Morgan fingerprint density at radius 3 is 2.50 bits per heavy atom. The Kier molecular flexibility index (Phi) is 4.04. The van der Waals surface area contributed by atoms with Crippen molar-refractivity contribution in [2.45, 2.75) is 0 Å². The number of anilines is 1. The average molecular weight is 344 g/mol. The van der Waals surface area contributed by atoms with Crippen LogP contribution in [0.1, 0.15) is 0 Å². The van der Waals surface area contributed by atoms with Gasteiger partial charge in [0.05, 0.1) is 18.7 Å². The van der Waals surface area contributed by atoms with E-state index in [4.69, 9.17) is 21.3 Å². The minimum Gasteiger partial charge on any atom is -0.378 e. The van der Waals surface area contributed by atoms with Crippen LogP contribution in [0.5, 0.6) is 0 Å². The van der Waals surface area contributed by atoms with Crippen molar-refractivity contribution in [1.82, 2.24) is 9.97 Å². The molecule has 0 N–H and O–H groups in total. The van der Waals surface area contributed by atoms with E-state index in [1.54, 1.807) is 12.1 Å². The van der Waals surface area contributed by atoms with E-state index in [1.165, 1.54) is 12.1 Å². The van der Waals surface area contributed by atoms with Gasteiger partial charge in [0, 0.05) is 29.1 Å². The SMILES string of the molecule is Fc1ccc(-c2nc(N3CCOCC3)c3ccc(Cl)cc3n2)cc1. The van der Waals surface area contributed by atoms with Crippen LogP contribution in [0.2, 0.25) is 5.02 Å². The zero-order valence-corrected chi connectivity index (χ0v) is 13.6. The molecule has 4 nitrogen and oxygen atoms in total. The van der Waals surface area contributed by atoms with Gasteiger partial charge < -0.3 is 9.64 Å². The third-order valence-electron chi connectivity index (χ3n) is 4.05. The fraction of sp³-hybridized carbons (Fsp3) is 0.222. The number of ether oxygens (including phenoxy) is 1. The molecule has 0 unspecified atom stereocenters. The minimum atomic E-state index is -0.281. The highest BCUT2D eigenvalue weighted by molar-refractivity contribution is 6.31. The molecule has 4 rings (SSSR count). The molecule has 3 aromatic rings. The van der Waals surface area contributed by atoms with Gasteiger partial charge in [0.15, 0.2) is 5.82 Å². The van der Waals surface area contributed by atoms with Crippen molar-refractivity contribution in [3.63, 3.8) is 0 Å². The van der Waals surface area contributed by atoms with E-state index in [9.17, 15) is 4.39 Å². The first-order chi connectivity index (χ1) is 11.7. The largest absolute Gasteiger partial charge is 0.378 e. The zero-order valence-electron chi connectivity index (χ0n) is 12.9. The fourth-order valence-electron chi connectivity index (χ4n) is 2.83. The molecule has 0 atom stereocenters. The van der Waals surface area contributed by atoms with Gasteiger partial charge in [-0.3, -0.25) is 0 Å². The van der Waals surface area contributed by atoms with E-state index in [1.807, 2.05) is 18.2 Å². The van der Waals surface area contributed by atoms with Gasteiger partial charge in [0.1, 0.15) is 11.6 Å². The molecule has 0 bridgehead atoms. The Hall–Kier alpha value is -2.24. The van der Waals surface area contributed by atoms with E-state index >= 15 is 0 Å². The van der Waals surface area contributed by atoms with Crippen molar-refractivity contribution < 1.29 is 9.13 Å². The molecule has 1 aliphatic rings. The molecule has 24 heavy (non-hydrogen) atoms. The summed E-state index contributed by atoms with van der Waals surface area (Å²) < 4.78 is 18.6. The van der Waals surface area contributed by atoms with Crippen LogP contribution in [0.4, 0.5) is 10.2 Å². The Morgan fingerprint density at radius 2 is 1.75 bits per heavy atom. The van der Waals surface area contributed by atoms with E-state index in [0.29, 0.717) is 24.1 Å². The van der Waals surface area contributed by atoms with Crippen LogP contribution >= 0.6 is 11.6 Å². The van der Waals surface area contributed by atoms with E-state index < -0.39 is 0 Å². The number of nitrogens with zero attached hydrogens (tertiary/aromatic N) is 3. The van der Waals surface area contributed by atoms with Gasteiger partial charge >= 0.3 is 0 Å². The van der Waals surface area contributed by atoms with Gasteiger partial charge in [-0.15, -0.1) is 0 Å². The summed E-state index contributed by atoms with van der Waals surface area (Å²) in [5, 5.41) is 1.58. The van der Waals surface area contributed by atoms with Crippen LogP contribution in [0.25, 0.3) is 22.3 Å². The minimum absolute atomic E-state index is 0.281. The Morgan fingerprint density at radius 1 is 1.00 bits per heavy atom. The van der Waals surface area contributed by atoms with Gasteiger partial charge in [-0.05, 0) is 42.5 Å². The highest BCUT2D eigenvalue weighted by atomic mass is 35.5. The lowest BCUT2D eigenvalue weighted by atomic mass is 10.1. The molecule has 1 aromatic heterocycles. The number of aromatic nitrogens is 2. The van der Waals surface area contributed by atoms with Crippen LogP contribution in [-0.4, -0.2) is 36.3 Å². The summed E-state index contributed by atoms with van der Waals surface area (Å²) in [5.41, 5.74) is 1.55. The summed E-state index contributed by atoms with van der Waals surface area (Å²) in [6.07, 6.45) is 0. The monoisotopic (exact) mass is 343 g/mol. The second-order valence-electron chi connectivity index (χ2n) is 5.64. The number of halogens is 2. The van der Waals surface area contributed by atoms with Crippen molar-refractivity contribution in [2.75, 3.05) is 31.2 Å². The van der Waals surface area contributed by atoms with E-state index in [0.717, 1.165) is 35.4 Å². The molecule has 0 amide bonds. The normalized spacial score (nSPS) is 15.0. The summed E-state index contributed by atoms with van der Waals surface area (Å²) >= 11 is 6.13. The number of benzene rings is 2. The van der Waals surface area contributed by atoms with Crippen LogP contribution in [0.3, 0.4) is 0 Å². The van der Waals surface area contributed by atoms with Crippen LogP contribution < -0.4 is 4.90 Å². The number of rotatable bonds is 2. The van der Waals surface area contributed by atoms with E-state index in [-0.39, 0.29) is 5.82 Å². The molecule has 2 heterocycles. The maximum absolute atomic E-state index is 13.2. The van der Waals surface area contributed by atoms with Crippen LogP contribution in [-0.2, 0) is 4.74 Å². The molecular weight excluding hydrogens is 329 g/mol. The molecule has 2 aromatic carbocycles. The van der Waals surface area contributed by atoms with Crippen LogP contribution in [0.15, 0.2) is 42.5 Å². The second kappa shape index (κ2) is 6.34. The summed E-state index contributed by atoms with van der Waals surface area (Å²) in [4.78, 5) is 11.6. The van der Waals surface area contributed by atoms with Gasteiger partial charge in [0.25, 0.3) is 0 Å². The highest BCUT2D eigenvalue weighted by Crippen LogP contribution is 2.29. The quantitative estimate of drug-likeness (QED) is 0.706. The Balaban J connectivity index is 1.89. The van der Waals surface area contributed by atoms with Gasteiger partial charge in [0.2, 0.25) is 0 Å². The average Bonchev–Trinajstić information content (AvgIpc) is 2.62. The summed E-state index contributed by atoms with van der Waals surface area (Å²) in [6, 6.07) is 11.8. The molecule has 1 aliphatic heterocycles. The summed E-state index contributed by atoms with van der Waals surface area (Å²) in [5.74, 6) is 1.14. The highest BCUT2D eigenvalue weighted by Gasteiger charge is 2.18. The summed E-state index contributed by atoms with van der Waals surface area (Å²) in [6.45, 7) is 2.89. The van der Waals surface area contributed by atoms with Crippen molar-refractivity contribution >= 4 is 28.3 Å². The smallest absolute Gasteiger partial charge is 0.162 e. The molecule has 1 fully saturated rings. The lowest BCUT2D eigenvalue weighted by Crippen LogP contribution is -2.37. The lowest BCUT2D eigenvalue weighted by molar-refractivity contribution is 0.122. The Bertz CT molecular complexity index is 879. The molecule has 0 saturated carbocycles.